The molecule has 0 aliphatic carbocycles. The van der Waals surface area contributed by atoms with E-state index in [2.05, 4.69) is 0 Å². The van der Waals surface area contributed by atoms with E-state index in [4.69, 9.17) is 17.3 Å². The number of halogens is 3. The predicted molar refractivity (Wildman–Crippen MR) is 73.2 cm³/mol. The van der Waals surface area contributed by atoms with Gasteiger partial charge in [0.25, 0.3) is 0 Å². The summed E-state index contributed by atoms with van der Waals surface area (Å²) < 4.78 is 27.0. The van der Waals surface area contributed by atoms with E-state index in [0.29, 0.717) is 11.4 Å². The van der Waals surface area contributed by atoms with Crippen molar-refractivity contribution in [2.75, 3.05) is 0 Å². The van der Waals surface area contributed by atoms with Crippen LogP contribution < -0.4 is 5.73 Å². The van der Waals surface area contributed by atoms with Gasteiger partial charge in [-0.3, -0.25) is 0 Å². The molecule has 0 saturated heterocycles. The zero-order valence-electron chi connectivity index (χ0n) is 10.5. The molecular weight excluding hydrogens is 268 g/mol. The summed E-state index contributed by atoms with van der Waals surface area (Å²) in [7, 11) is 0. The lowest BCUT2D eigenvalue weighted by atomic mass is 9.96. The van der Waals surface area contributed by atoms with Gasteiger partial charge in [-0.25, -0.2) is 8.78 Å². The molecule has 0 aromatic heterocycles. The molecule has 4 heteroatoms. The van der Waals surface area contributed by atoms with Gasteiger partial charge in [-0.05, 0) is 48.7 Å². The number of benzene rings is 2. The van der Waals surface area contributed by atoms with Gasteiger partial charge in [0, 0.05) is 16.6 Å². The van der Waals surface area contributed by atoms with Crippen molar-refractivity contribution < 1.29 is 8.78 Å². The third kappa shape index (κ3) is 3.11. The third-order valence-electron chi connectivity index (χ3n) is 3.12. The molecule has 0 fully saturated rings. The highest BCUT2D eigenvalue weighted by atomic mass is 35.5. The Hall–Kier alpha value is -1.45. The molecule has 2 rings (SSSR count). The lowest BCUT2D eigenvalue weighted by Gasteiger charge is -2.16. The van der Waals surface area contributed by atoms with E-state index in [-0.39, 0.29) is 11.4 Å². The van der Waals surface area contributed by atoms with Crippen LogP contribution in [-0.4, -0.2) is 0 Å². The van der Waals surface area contributed by atoms with Crippen molar-refractivity contribution in [3.63, 3.8) is 0 Å². The Bertz CT molecular complexity index is 578. The van der Waals surface area contributed by atoms with Crippen LogP contribution in [0.25, 0.3) is 0 Å². The number of hydrogen-bond acceptors (Lipinski definition) is 1. The molecular formula is C15H14ClF2N. The first-order valence-electron chi connectivity index (χ1n) is 5.93. The van der Waals surface area contributed by atoms with E-state index in [0.717, 1.165) is 11.1 Å². The van der Waals surface area contributed by atoms with Crippen LogP contribution in [0.15, 0.2) is 36.4 Å². The minimum absolute atomic E-state index is 0.271. The molecule has 1 nitrogen and oxygen atoms in total. The van der Waals surface area contributed by atoms with Crippen molar-refractivity contribution in [1.82, 2.24) is 0 Å². The molecule has 0 spiro atoms. The number of hydrogen-bond donors (Lipinski definition) is 1. The lowest BCUT2D eigenvalue weighted by molar-refractivity contribution is 0.578. The van der Waals surface area contributed by atoms with Crippen molar-refractivity contribution in [2.24, 2.45) is 5.73 Å². The Balaban J connectivity index is 2.31. The normalized spacial score (nSPS) is 12.5. The molecule has 0 bridgehead atoms. The highest BCUT2D eigenvalue weighted by Crippen LogP contribution is 2.27. The summed E-state index contributed by atoms with van der Waals surface area (Å²) >= 11 is 5.97. The molecule has 2 aromatic carbocycles. The smallest absolute Gasteiger partial charge is 0.129 e. The van der Waals surface area contributed by atoms with Crippen molar-refractivity contribution in [2.45, 2.75) is 19.4 Å². The van der Waals surface area contributed by atoms with Crippen molar-refractivity contribution >= 4 is 11.6 Å². The van der Waals surface area contributed by atoms with E-state index < -0.39 is 11.9 Å². The minimum atomic E-state index is -0.603. The average molecular weight is 282 g/mol. The van der Waals surface area contributed by atoms with E-state index in [1.54, 1.807) is 12.1 Å². The maximum absolute atomic E-state index is 13.7. The van der Waals surface area contributed by atoms with E-state index >= 15 is 0 Å². The Morgan fingerprint density at radius 2 is 1.95 bits per heavy atom. The fourth-order valence-electron chi connectivity index (χ4n) is 2.06. The summed E-state index contributed by atoms with van der Waals surface area (Å²) in [6.07, 6.45) is 0.338. The second kappa shape index (κ2) is 5.68. The van der Waals surface area contributed by atoms with E-state index in [9.17, 15) is 8.78 Å². The zero-order valence-corrected chi connectivity index (χ0v) is 11.2. The van der Waals surface area contributed by atoms with Crippen LogP contribution in [0, 0.1) is 18.6 Å². The van der Waals surface area contributed by atoms with E-state index in [1.807, 2.05) is 6.92 Å². The molecule has 100 valence electrons. The van der Waals surface area contributed by atoms with E-state index in [1.165, 1.54) is 24.3 Å². The average Bonchev–Trinajstić information content (AvgIpc) is 2.33. The highest BCUT2D eigenvalue weighted by molar-refractivity contribution is 6.31. The SMILES string of the molecule is Cc1ccc(F)cc1CC(N)c1c(F)cccc1Cl. The van der Waals surface area contributed by atoms with Gasteiger partial charge in [0.1, 0.15) is 11.6 Å². The zero-order chi connectivity index (χ0) is 14.0. The monoisotopic (exact) mass is 281 g/mol. The van der Waals surface area contributed by atoms with Gasteiger partial charge in [0.05, 0.1) is 0 Å². The molecule has 0 saturated carbocycles. The standard InChI is InChI=1S/C15H14ClF2N/c1-9-5-6-11(17)7-10(9)8-14(19)15-12(16)3-2-4-13(15)18/h2-7,14H,8,19H2,1H3. The fraction of sp³-hybridized carbons (Fsp3) is 0.200. The van der Waals surface area contributed by atoms with Crippen LogP contribution in [0.4, 0.5) is 8.78 Å². The summed E-state index contributed by atoms with van der Waals surface area (Å²) in [5.74, 6) is -0.763. The second-order valence-electron chi connectivity index (χ2n) is 4.52. The molecule has 1 unspecified atom stereocenters. The number of rotatable bonds is 3. The van der Waals surface area contributed by atoms with Gasteiger partial charge >= 0.3 is 0 Å². The van der Waals surface area contributed by atoms with Gasteiger partial charge in [-0.15, -0.1) is 0 Å². The highest BCUT2D eigenvalue weighted by Gasteiger charge is 2.16. The summed E-state index contributed by atoms with van der Waals surface area (Å²) in [6.45, 7) is 1.87. The maximum atomic E-state index is 13.7. The predicted octanol–water partition coefficient (Wildman–Crippen LogP) is 4.17. The van der Waals surface area contributed by atoms with Crippen LogP contribution in [-0.2, 0) is 6.42 Å². The Labute approximate surface area is 116 Å². The summed E-state index contributed by atoms with van der Waals surface area (Å²) in [4.78, 5) is 0. The largest absolute Gasteiger partial charge is 0.324 e. The third-order valence-corrected chi connectivity index (χ3v) is 3.45. The first-order valence-corrected chi connectivity index (χ1v) is 6.31. The molecule has 2 aromatic rings. The van der Waals surface area contributed by atoms with Gasteiger partial charge in [0.15, 0.2) is 0 Å². The van der Waals surface area contributed by atoms with Gasteiger partial charge in [-0.2, -0.15) is 0 Å². The van der Waals surface area contributed by atoms with Crippen LogP contribution >= 0.6 is 11.6 Å². The van der Waals surface area contributed by atoms with Gasteiger partial charge < -0.3 is 5.73 Å². The summed E-state index contributed by atoms with van der Waals surface area (Å²) in [5, 5.41) is 0.293. The Morgan fingerprint density at radius 1 is 1.21 bits per heavy atom. The molecule has 2 N–H and O–H groups in total. The number of nitrogens with two attached hydrogens (primary N) is 1. The molecule has 0 aliphatic heterocycles. The Kier molecular flexibility index (Phi) is 4.17. The first kappa shape index (κ1) is 14.0. The molecule has 0 heterocycles. The molecule has 0 amide bonds. The minimum Gasteiger partial charge on any atom is -0.324 e. The van der Waals surface area contributed by atoms with Crippen LogP contribution in [0.3, 0.4) is 0 Å². The van der Waals surface area contributed by atoms with Crippen LogP contribution in [0.1, 0.15) is 22.7 Å². The topological polar surface area (TPSA) is 26.0 Å². The summed E-state index contributed by atoms with van der Waals surface area (Å²) in [5.41, 5.74) is 7.95. The van der Waals surface area contributed by atoms with Crippen LogP contribution in [0.5, 0.6) is 0 Å². The van der Waals surface area contributed by atoms with Crippen molar-refractivity contribution in [3.05, 3.63) is 69.7 Å². The van der Waals surface area contributed by atoms with Gasteiger partial charge in [0.2, 0.25) is 0 Å². The van der Waals surface area contributed by atoms with Crippen molar-refractivity contribution in [1.29, 1.82) is 0 Å². The first-order chi connectivity index (χ1) is 8.99. The lowest BCUT2D eigenvalue weighted by Crippen LogP contribution is -2.16. The summed E-state index contributed by atoms with van der Waals surface area (Å²) in [6, 6.07) is 8.33. The Morgan fingerprint density at radius 3 is 2.63 bits per heavy atom. The van der Waals surface area contributed by atoms with Crippen LogP contribution in [0.2, 0.25) is 5.02 Å². The molecule has 0 aliphatic rings. The maximum Gasteiger partial charge on any atom is 0.129 e. The van der Waals surface area contributed by atoms with Gasteiger partial charge in [-0.1, -0.05) is 23.7 Å². The second-order valence-corrected chi connectivity index (χ2v) is 4.92. The fourth-order valence-corrected chi connectivity index (χ4v) is 2.37. The quantitative estimate of drug-likeness (QED) is 0.898. The molecule has 19 heavy (non-hydrogen) atoms. The molecule has 1 atom stereocenters. The molecule has 0 radical (unpaired) electrons. The van der Waals surface area contributed by atoms with Crippen molar-refractivity contribution in [3.8, 4) is 0 Å². The number of aryl methyl sites for hydroxylation is 1.